The van der Waals surface area contributed by atoms with E-state index in [0.29, 0.717) is 23.8 Å². The second kappa shape index (κ2) is 7.36. The Morgan fingerprint density at radius 3 is 2.70 bits per heavy atom. The molecule has 0 saturated carbocycles. The number of hydrogen-bond donors (Lipinski definition) is 1. The van der Waals surface area contributed by atoms with Gasteiger partial charge in [-0.1, -0.05) is 12.1 Å². The lowest BCUT2D eigenvalue weighted by molar-refractivity contribution is -0.125. The number of hydrogen-bond acceptors (Lipinski definition) is 7. The van der Waals surface area contributed by atoms with Gasteiger partial charge in [-0.25, -0.2) is 4.63 Å². The number of ether oxygens (including phenoxy) is 3. The number of anilines is 1. The number of para-hydroxylation sites is 2. The van der Waals surface area contributed by atoms with Crippen LogP contribution in [0.3, 0.4) is 0 Å². The van der Waals surface area contributed by atoms with Gasteiger partial charge in [0.25, 0.3) is 5.91 Å². The fraction of sp³-hybridized carbons (Fsp3) is 0.211. The maximum absolute atomic E-state index is 12.6. The average Bonchev–Trinajstić information content (AvgIpc) is 3.16. The van der Waals surface area contributed by atoms with Gasteiger partial charge in [0.05, 0.1) is 6.61 Å². The highest BCUT2D eigenvalue weighted by Gasteiger charge is 2.29. The normalized spacial score (nSPS) is 15.2. The Morgan fingerprint density at radius 1 is 1.15 bits per heavy atom. The van der Waals surface area contributed by atoms with Crippen LogP contribution in [0.25, 0.3) is 11.3 Å². The highest BCUT2D eigenvalue weighted by Crippen LogP contribution is 2.31. The second-order valence-corrected chi connectivity index (χ2v) is 5.77. The zero-order valence-corrected chi connectivity index (χ0v) is 14.5. The van der Waals surface area contributed by atoms with Gasteiger partial charge in [-0.3, -0.25) is 4.79 Å². The summed E-state index contributed by atoms with van der Waals surface area (Å²) in [6.45, 7) is 2.60. The fourth-order valence-corrected chi connectivity index (χ4v) is 2.68. The van der Waals surface area contributed by atoms with Gasteiger partial charge in [-0.2, -0.15) is 0 Å². The molecule has 1 amide bonds. The van der Waals surface area contributed by atoms with Crippen LogP contribution in [0.15, 0.2) is 53.2 Å². The molecule has 2 aromatic carbocycles. The summed E-state index contributed by atoms with van der Waals surface area (Å²) in [6, 6.07) is 14.4. The highest BCUT2D eigenvalue weighted by molar-refractivity contribution is 5.96. The van der Waals surface area contributed by atoms with Crippen LogP contribution in [0.4, 0.5) is 5.82 Å². The van der Waals surface area contributed by atoms with E-state index >= 15 is 0 Å². The molecule has 4 rings (SSSR count). The number of amides is 1. The van der Waals surface area contributed by atoms with Crippen LogP contribution in [0.1, 0.15) is 6.92 Å². The SMILES string of the molecule is CCOc1ccc(-c2nonc2NC(=O)[C@H]2COc3ccccc3O2)cc1. The molecule has 0 spiro atoms. The van der Waals surface area contributed by atoms with Crippen molar-refractivity contribution >= 4 is 11.7 Å². The molecule has 2 heterocycles. The summed E-state index contributed by atoms with van der Waals surface area (Å²) in [7, 11) is 0. The summed E-state index contributed by atoms with van der Waals surface area (Å²) in [4.78, 5) is 12.6. The predicted molar refractivity (Wildman–Crippen MR) is 95.9 cm³/mol. The molecule has 0 fully saturated rings. The van der Waals surface area contributed by atoms with Gasteiger partial charge < -0.3 is 19.5 Å². The van der Waals surface area contributed by atoms with Crippen molar-refractivity contribution in [2.24, 2.45) is 0 Å². The van der Waals surface area contributed by atoms with Crippen LogP contribution < -0.4 is 19.5 Å². The van der Waals surface area contributed by atoms with Crippen molar-refractivity contribution in [2.45, 2.75) is 13.0 Å². The number of benzene rings is 2. The molecule has 138 valence electrons. The van der Waals surface area contributed by atoms with E-state index in [2.05, 4.69) is 15.6 Å². The van der Waals surface area contributed by atoms with E-state index in [0.717, 1.165) is 11.3 Å². The van der Waals surface area contributed by atoms with Crippen LogP contribution in [0.2, 0.25) is 0 Å². The zero-order valence-electron chi connectivity index (χ0n) is 14.5. The monoisotopic (exact) mass is 367 g/mol. The van der Waals surface area contributed by atoms with E-state index in [9.17, 15) is 4.79 Å². The molecule has 0 aliphatic carbocycles. The average molecular weight is 367 g/mol. The van der Waals surface area contributed by atoms with Gasteiger partial charge in [-0.05, 0) is 53.6 Å². The molecule has 0 radical (unpaired) electrons. The largest absolute Gasteiger partial charge is 0.494 e. The summed E-state index contributed by atoms with van der Waals surface area (Å²) in [5.41, 5.74) is 1.16. The Morgan fingerprint density at radius 2 is 1.93 bits per heavy atom. The lowest BCUT2D eigenvalue weighted by Gasteiger charge is -2.25. The number of rotatable bonds is 5. The van der Waals surface area contributed by atoms with Crippen molar-refractivity contribution in [1.82, 2.24) is 10.3 Å². The molecular weight excluding hydrogens is 350 g/mol. The van der Waals surface area contributed by atoms with Crippen LogP contribution in [0, 0.1) is 0 Å². The Bertz CT molecular complexity index is 939. The van der Waals surface area contributed by atoms with Gasteiger partial charge in [-0.15, -0.1) is 0 Å². The fourth-order valence-electron chi connectivity index (χ4n) is 2.68. The van der Waals surface area contributed by atoms with Gasteiger partial charge in [0.1, 0.15) is 12.4 Å². The van der Waals surface area contributed by atoms with Gasteiger partial charge >= 0.3 is 0 Å². The summed E-state index contributed by atoms with van der Waals surface area (Å²) in [6.07, 6.45) is -0.801. The van der Waals surface area contributed by atoms with E-state index in [1.165, 1.54) is 0 Å². The Labute approximate surface area is 155 Å². The number of carbonyl (C=O) groups is 1. The van der Waals surface area contributed by atoms with Crippen molar-refractivity contribution < 1.29 is 23.6 Å². The van der Waals surface area contributed by atoms with Crippen molar-refractivity contribution in [3.63, 3.8) is 0 Å². The quantitative estimate of drug-likeness (QED) is 0.741. The molecule has 3 aromatic rings. The third kappa shape index (κ3) is 3.55. The molecule has 1 atom stereocenters. The predicted octanol–water partition coefficient (Wildman–Crippen LogP) is 2.91. The highest BCUT2D eigenvalue weighted by atomic mass is 16.6. The molecule has 1 aliphatic rings. The first-order valence-electron chi connectivity index (χ1n) is 8.49. The number of fused-ring (bicyclic) bond motifs is 1. The van der Waals surface area contributed by atoms with E-state index in [-0.39, 0.29) is 12.4 Å². The zero-order chi connectivity index (χ0) is 18.6. The lowest BCUT2D eigenvalue weighted by Crippen LogP contribution is -2.40. The Kier molecular flexibility index (Phi) is 4.61. The van der Waals surface area contributed by atoms with E-state index in [1.807, 2.05) is 43.3 Å². The maximum Gasteiger partial charge on any atom is 0.270 e. The molecular formula is C19H17N3O5. The number of aromatic nitrogens is 2. The van der Waals surface area contributed by atoms with Crippen molar-refractivity contribution in [1.29, 1.82) is 0 Å². The van der Waals surface area contributed by atoms with Gasteiger partial charge in [0.15, 0.2) is 17.2 Å². The van der Waals surface area contributed by atoms with E-state index in [1.54, 1.807) is 12.1 Å². The molecule has 8 heteroatoms. The molecule has 0 unspecified atom stereocenters. The number of nitrogens with one attached hydrogen (secondary N) is 1. The third-order valence-corrected chi connectivity index (χ3v) is 3.97. The molecule has 8 nitrogen and oxygen atoms in total. The van der Waals surface area contributed by atoms with E-state index in [4.69, 9.17) is 18.8 Å². The Hall–Kier alpha value is -3.55. The standard InChI is InChI=1S/C19H17N3O5/c1-2-24-13-9-7-12(8-10-13)17-18(22-27-21-17)20-19(23)16-11-25-14-5-3-4-6-15(14)26-16/h3-10,16H,2,11H2,1H3,(H,20,22,23)/t16-/m1/s1. The minimum absolute atomic E-state index is 0.104. The first-order chi connectivity index (χ1) is 13.2. The topological polar surface area (TPSA) is 95.7 Å². The van der Waals surface area contributed by atoms with Crippen molar-refractivity contribution in [3.05, 3.63) is 48.5 Å². The van der Waals surface area contributed by atoms with Gasteiger partial charge in [0.2, 0.25) is 11.9 Å². The third-order valence-electron chi connectivity index (χ3n) is 3.97. The molecule has 0 saturated heterocycles. The Balaban J connectivity index is 1.48. The summed E-state index contributed by atoms with van der Waals surface area (Å²) >= 11 is 0. The minimum atomic E-state index is -0.801. The molecule has 1 aliphatic heterocycles. The van der Waals surface area contributed by atoms with Crippen molar-refractivity contribution in [3.8, 4) is 28.5 Å². The van der Waals surface area contributed by atoms with Crippen molar-refractivity contribution in [2.75, 3.05) is 18.5 Å². The minimum Gasteiger partial charge on any atom is -0.494 e. The second-order valence-electron chi connectivity index (χ2n) is 5.77. The molecule has 1 N–H and O–H groups in total. The molecule has 0 bridgehead atoms. The van der Waals surface area contributed by atoms with Gasteiger partial charge in [0, 0.05) is 5.56 Å². The summed E-state index contributed by atoms with van der Waals surface area (Å²) < 4.78 is 21.5. The van der Waals surface area contributed by atoms with Crippen LogP contribution in [-0.2, 0) is 4.79 Å². The number of carbonyl (C=O) groups excluding carboxylic acids is 1. The molecule has 1 aromatic heterocycles. The van der Waals surface area contributed by atoms with Crippen LogP contribution in [-0.4, -0.2) is 35.5 Å². The lowest BCUT2D eigenvalue weighted by atomic mass is 10.1. The first-order valence-corrected chi connectivity index (χ1v) is 8.49. The summed E-state index contributed by atoms with van der Waals surface area (Å²) in [5, 5.41) is 10.4. The van der Waals surface area contributed by atoms with E-state index < -0.39 is 12.0 Å². The van der Waals surface area contributed by atoms with Crippen LogP contribution in [0.5, 0.6) is 17.2 Å². The molecule has 27 heavy (non-hydrogen) atoms. The first kappa shape index (κ1) is 16.9. The van der Waals surface area contributed by atoms with Crippen LogP contribution >= 0.6 is 0 Å². The number of nitrogens with zero attached hydrogens (tertiary/aromatic N) is 2. The maximum atomic E-state index is 12.6. The summed E-state index contributed by atoms with van der Waals surface area (Å²) in [5.74, 6) is 1.70. The smallest absolute Gasteiger partial charge is 0.270 e.